The van der Waals surface area contributed by atoms with Crippen LogP contribution in [0.3, 0.4) is 0 Å². The van der Waals surface area contributed by atoms with E-state index in [9.17, 15) is 9.90 Å². The van der Waals surface area contributed by atoms with Gasteiger partial charge in [0.15, 0.2) is 4.96 Å². The SMILES string of the molecule is Cc1nc2scc(C)n2c1/C=N\NC(=O)c1ccc(O)cc1. The van der Waals surface area contributed by atoms with Gasteiger partial charge >= 0.3 is 0 Å². The molecule has 1 amide bonds. The van der Waals surface area contributed by atoms with E-state index in [0.29, 0.717) is 5.56 Å². The number of phenols is 1. The predicted molar refractivity (Wildman–Crippen MR) is 85.7 cm³/mol. The van der Waals surface area contributed by atoms with Gasteiger partial charge in [0.2, 0.25) is 0 Å². The predicted octanol–water partition coefficient (Wildman–Crippen LogP) is 2.48. The van der Waals surface area contributed by atoms with Crippen molar-refractivity contribution < 1.29 is 9.90 Å². The van der Waals surface area contributed by atoms with Crippen LogP contribution in [0, 0.1) is 13.8 Å². The number of thiazole rings is 1. The van der Waals surface area contributed by atoms with Gasteiger partial charge in [-0.05, 0) is 38.1 Å². The minimum atomic E-state index is -0.336. The zero-order chi connectivity index (χ0) is 15.7. The van der Waals surface area contributed by atoms with Crippen LogP contribution >= 0.6 is 11.3 Å². The number of hydrazone groups is 1. The highest BCUT2D eigenvalue weighted by Gasteiger charge is 2.10. The molecule has 2 aromatic heterocycles. The molecule has 2 N–H and O–H groups in total. The number of benzene rings is 1. The lowest BCUT2D eigenvalue weighted by Crippen LogP contribution is -2.17. The molecular weight excluding hydrogens is 300 g/mol. The number of aromatic hydroxyl groups is 1. The van der Waals surface area contributed by atoms with Crippen LogP contribution in [0.5, 0.6) is 5.75 Å². The number of rotatable bonds is 3. The number of nitrogens with one attached hydrogen (secondary N) is 1. The second-order valence-corrected chi connectivity index (χ2v) is 5.66. The highest BCUT2D eigenvalue weighted by Crippen LogP contribution is 2.19. The maximum atomic E-state index is 11.9. The molecule has 0 spiro atoms. The molecule has 0 saturated carbocycles. The van der Waals surface area contributed by atoms with E-state index in [-0.39, 0.29) is 11.7 Å². The Kier molecular flexibility index (Phi) is 3.64. The van der Waals surface area contributed by atoms with Crippen LogP contribution in [0.25, 0.3) is 4.96 Å². The fraction of sp³-hybridized carbons (Fsp3) is 0.133. The Morgan fingerprint density at radius 1 is 1.36 bits per heavy atom. The summed E-state index contributed by atoms with van der Waals surface area (Å²) in [7, 11) is 0. The Hall–Kier alpha value is -2.67. The van der Waals surface area contributed by atoms with Gasteiger partial charge in [-0.1, -0.05) is 0 Å². The molecule has 0 aliphatic carbocycles. The van der Waals surface area contributed by atoms with Gasteiger partial charge in [0, 0.05) is 16.6 Å². The van der Waals surface area contributed by atoms with Crippen LogP contribution in [-0.4, -0.2) is 26.6 Å². The summed E-state index contributed by atoms with van der Waals surface area (Å²) in [6, 6.07) is 5.98. The average molecular weight is 314 g/mol. The molecule has 0 saturated heterocycles. The van der Waals surface area contributed by atoms with Gasteiger partial charge in [0.25, 0.3) is 5.91 Å². The van der Waals surface area contributed by atoms with Crippen molar-refractivity contribution in [1.82, 2.24) is 14.8 Å². The molecular formula is C15H14N4O2S. The van der Waals surface area contributed by atoms with Crippen molar-refractivity contribution in [1.29, 1.82) is 0 Å². The second-order valence-electron chi connectivity index (χ2n) is 4.82. The van der Waals surface area contributed by atoms with Gasteiger partial charge in [0.1, 0.15) is 5.75 Å². The number of carbonyl (C=O) groups excluding carboxylic acids is 1. The molecule has 0 aliphatic heterocycles. The van der Waals surface area contributed by atoms with Crippen molar-refractivity contribution in [2.45, 2.75) is 13.8 Å². The summed E-state index contributed by atoms with van der Waals surface area (Å²) < 4.78 is 2.00. The lowest BCUT2D eigenvalue weighted by molar-refractivity contribution is 0.0955. The van der Waals surface area contributed by atoms with E-state index in [1.54, 1.807) is 17.6 Å². The number of aryl methyl sites for hydroxylation is 2. The van der Waals surface area contributed by atoms with E-state index >= 15 is 0 Å². The molecule has 0 fully saturated rings. The molecule has 1 aromatic carbocycles. The van der Waals surface area contributed by atoms with Crippen molar-refractivity contribution in [2.24, 2.45) is 5.10 Å². The standard InChI is InChI=1S/C15H14N4O2S/c1-9-8-22-15-17-10(2)13(19(9)15)7-16-18-14(21)11-3-5-12(20)6-4-11/h3-8,20H,1-2H3,(H,18,21)/b16-7-. The fourth-order valence-electron chi connectivity index (χ4n) is 2.11. The molecule has 22 heavy (non-hydrogen) atoms. The first-order valence-corrected chi connectivity index (χ1v) is 7.50. The molecule has 0 atom stereocenters. The van der Waals surface area contributed by atoms with Crippen molar-refractivity contribution in [3.63, 3.8) is 0 Å². The lowest BCUT2D eigenvalue weighted by atomic mass is 10.2. The molecule has 3 rings (SSSR count). The summed E-state index contributed by atoms with van der Waals surface area (Å²) in [5, 5.41) is 15.2. The first-order valence-electron chi connectivity index (χ1n) is 6.62. The quantitative estimate of drug-likeness (QED) is 0.576. The van der Waals surface area contributed by atoms with Crippen molar-refractivity contribution in [3.05, 3.63) is 52.3 Å². The number of imidazole rings is 1. The van der Waals surface area contributed by atoms with Crippen LogP contribution in [0.2, 0.25) is 0 Å². The monoisotopic (exact) mass is 314 g/mol. The minimum Gasteiger partial charge on any atom is -0.508 e. The van der Waals surface area contributed by atoms with Crippen molar-refractivity contribution >= 4 is 28.4 Å². The van der Waals surface area contributed by atoms with E-state index in [4.69, 9.17) is 0 Å². The topological polar surface area (TPSA) is 79.0 Å². The summed E-state index contributed by atoms with van der Waals surface area (Å²) in [6.07, 6.45) is 1.59. The molecule has 7 heteroatoms. The van der Waals surface area contributed by atoms with Gasteiger partial charge in [-0.2, -0.15) is 5.10 Å². The van der Waals surface area contributed by atoms with Crippen LogP contribution in [0.4, 0.5) is 0 Å². The Labute approximate surface area is 130 Å². The normalized spacial score (nSPS) is 11.4. The van der Waals surface area contributed by atoms with Gasteiger partial charge in [-0.15, -0.1) is 11.3 Å². The van der Waals surface area contributed by atoms with E-state index in [1.807, 2.05) is 23.6 Å². The highest BCUT2D eigenvalue weighted by molar-refractivity contribution is 7.15. The summed E-state index contributed by atoms with van der Waals surface area (Å²) in [5.41, 5.74) is 5.68. The second kappa shape index (κ2) is 5.61. The van der Waals surface area contributed by atoms with Gasteiger partial charge in [-0.3, -0.25) is 9.20 Å². The van der Waals surface area contributed by atoms with Crippen LogP contribution in [0.15, 0.2) is 34.7 Å². The zero-order valence-corrected chi connectivity index (χ0v) is 12.9. The van der Waals surface area contributed by atoms with Crippen LogP contribution in [-0.2, 0) is 0 Å². The summed E-state index contributed by atoms with van der Waals surface area (Å²) in [6.45, 7) is 3.90. The maximum Gasteiger partial charge on any atom is 0.271 e. The molecule has 6 nitrogen and oxygen atoms in total. The molecule has 0 aliphatic rings. The number of carbonyl (C=O) groups is 1. The number of phenolic OH excluding ortho intramolecular Hbond substituents is 1. The summed E-state index contributed by atoms with van der Waals surface area (Å²) in [5.74, 6) is -0.220. The molecule has 0 radical (unpaired) electrons. The van der Waals surface area contributed by atoms with E-state index < -0.39 is 0 Å². The average Bonchev–Trinajstić information content (AvgIpc) is 3.00. The van der Waals surface area contributed by atoms with Crippen LogP contribution < -0.4 is 5.43 Å². The Morgan fingerprint density at radius 3 is 2.82 bits per heavy atom. The number of aromatic nitrogens is 2. The minimum absolute atomic E-state index is 0.116. The third kappa shape index (κ3) is 2.58. The third-order valence-electron chi connectivity index (χ3n) is 3.24. The van der Waals surface area contributed by atoms with Gasteiger partial charge < -0.3 is 5.11 Å². The zero-order valence-electron chi connectivity index (χ0n) is 12.1. The van der Waals surface area contributed by atoms with E-state index in [2.05, 4.69) is 15.5 Å². The Morgan fingerprint density at radius 2 is 2.09 bits per heavy atom. The molecule has 0 unspecified atom stereocenters. The first-order chi connectivity index (χ1) is 10.6. The number of hydrogen-bond donors (Lipinski definition) is 2. The molecule has 0 bridgehead atoms. The smallest absolute Gasteiger partial charge is 0.271 e. The van der Waals surface area contributed by atoms with Crippen LogP contribution in [0.1, 0.15) is 27.4 Å². The maximum absolute atomic E-state index is 11.9. The number of fused-ring (bicyclic) bond motifs is 1. The third-order valence-corrected chi connectivity index (χ3v) is 4.18. The van der Waals surface area contributed by atoms with Crippen molar-refractivity contribution in [3.8, 4) is 5.75 Å². The van der Waals surface area contributed by atoms with Gasteiger partial charge in [-0.25, -0.2) is 10.4 Å². The lowest BCUT2D eigenvalue weighted by Gasteiger charge is -2.00. The number of nitrogens with zero attached hydrogens (tertiary/aromatic N) is 3. The van der Waals surface area contributed by atoms with E-state index in [1.165, 1.54) is 24.3 Å². The highest BCUT2D eigenvalue weighted by atomic mass is 32.1. The van der Waals surface area contributed by atoms with Gasteiger partial charge in [0.05, 0.1) is 17.6 Å². The molecule has 3 aromatic rings. The largest absolute Gasteiger partial charge is 0.508 e. The Balaban J connectivity index is 1.79. The van der Waals surface area contributed by atoms with Crippen molar-refractivity contribution in [2.75, 3.05) is 0 Å². The fourth-order valence-corrected chi connectivity index (χ4v) is 3.03. The summed E-state index contributed by atoms with van der Waals surface area (Å²) >= 11 is 1.57. The first kappa shape index (κ1) is 14.3. The molecule has 2 heterocycles. The number of hydrogen-bond acceptors (Lipinski definition) is 5. The summed E-state index contributed by atoms with van der Waals surface area (Å²) in [4.78, 5) is 17.3. The molecule has 112 valence electrons. The number of amides is 1. The van der Waals surface area contributed by atoms with E-state index in [0.717, 1.165) is 22.0 Å². The Bertz CT molecular complexity index is 862.